The number of hydrogen-bond donors (Lipinski definition) is 1. The molecule has 0 saturated carbocycles. The number of halogens is 1. The average molecular weight is 290 g/mol. The van der Waals surface area contributed by atoms with E-state index >= 15 is 0 Å². The van der Waals surface area contributed by atoms with Gasteiger partial charge in [-0.05, 0) is 18.6 Å². The maximum Gasteiger partial charge on any atom is 0.255 e. The largest absolute Gasteiger partial charge is 0.382 e. The highest BCUT2D eigenvalue weighted by Gasteiger charge is 2.14. The smallest absolute Gasteiger partial charge is 0.255 e. The van der Waals surface area contributed by atoms with E-state index in [2.05, 4.69) is 11.1 Å². The molecule has 0 atom stereocenters. The molecule has 0 fully saturated rings. The van der Waals surface area contributed by atoms with Gasteiger partial charge in [0, 0.05) is 19.8 Å². The average Bonchev–Trinajstić information content (AvgIpc) is 2.41. The van der Waals surface area contributed by atoms with Crippen molar-refractivity contribution in [1.29, 1.82) is 0 Å². The molecule has 1 heterocycles. The van der Waals surface area contributed by atoms with E-state index in [1.807, 2.05) is 25.1 Å². The van der Waals surface area contributed by atoms with E-state index in [1.54, 1.807) is 18.0 Å². The summed E-state index contributed by atoms with van der Waals surface area (Å²) in [6.45, 7) is 2.55. The molecule has 20 heavy (non-hydrogen) atoms. The molecule has 104 valence electrons. The highest BCUT2D eigenvalue weighted by Crippen LogP contribution is 2.18. The van der Waals surface area contributed by atoms with Gasteiger partial charge >= 0.3 is 0 Å². The van der Waals surface area contributed by atoms with E-state index in [0.29, 0.717) is 17.1 Å². The van der Waals surface area contributed by atoms with Crippen molar-refractivity contribution in [3.63, 3.8) is 0 Å². The van der Waals surface area contributed by atoms with Crippen LogP contribution in [0.15, 0.2) is 36.5 Å². The van der Waals surface area contributed by atoms with E-state index < -0.39 is 0 Å². The second-order valence-electron chi connectivity index (χ2n) is 4.74. The van der Waals surface area contributed by atoms with Crippen molar-refractivity contribution in [3.8, 4) is 0 Å². The molecule has 0 spiro atoms. The van der Waals surface area contributed by atoms with Gasteiger partial charge in [0.2, 0.25) is 0 Å². The summed E-state index contributed by atoms with van der Waals surface area (Å²) in [5.74, 6) is 0.0884. The van der Waals surface area contributed by atoms with Crippen molar-refractivity contribution < 1.29 is 4.79 Å². The Kier molecular flexibility index (Phi) is 4.25. The summed E-state index contributed by atoms with van der Waals surface area (Å²) in [5.41, 5.74) is 8.21. The molecule has 1 amide bonds. The van der Waals surface area contributed by atoms with Gasteiger partial charge in [0.05, 0.1) is 10.6 Å². The van der Waals surface area contributed by atoms with E-state index in [-0.39, 0.29) is 11.7 Å². The molecule has 0 aliphatic rings. The maximum absolute atomic E-state index is 12.3. The first kappa shape index (κ1) is 14.3. The molecular formula is C15H16ClN3O. The summed E-state index contributed by atoms with van der Waals surface area (Å²) in [5, 5.41) is 0.291. The van der Waals surface area contributed by atoms with Gasteiger partial charge in [-0.25, -0.2) is 4.98 Å². The number of hydrogen-bond acceptors (Lipinski definition) is 3. The minimum Gasteiger partial charge on any atom is -0.382 e. The van der Waals surface area contributed by atoms with Crippen LogP contribution in [-0.4, -0.2) is 22.8 Å². The number of aryl methyl sites for hydroxylation is 1. The van der Waals surface area contributed by atoms with Crippen LogP contribution in [0.3, 0.4) is 0 Å². The standard InChI is InChI=1S/C15H16ClN3O/c1-10-4-3-5-11(6-10)9-19(2)15(20)12-7-13(16)14(17)18-8-12/h3-8H,9H2,1-2H3,(H2,17,18). The molecule has 0 aliphatic carbocycles. The number of anilines is 1. The van der Waals surface area contributed by atoms with Gasteiger partial charge in [-0.1, -0.05) is 41.4 Å². The van der Waals surface area contributed by atoms with E-state index in [0.717, 1.165) is 5.56 Å². The summed E-state index contributed by atoms with van der Waals surface area (Å²) >= 11 is 5.89. The molecule has 2 aromatic rings. The van der Waals surface area contributed by atoms with Crippen molar-refractivity contribution in [2.75, 3.05) is 12.8 Å². The van der Waals surface area contributed by atoms with Gasteiger partial charge in [0.1, 0.15) is 5.82 Å². The topological polar surface area (TPSA) is 59.2 Å². The first-order valence-electron chi connectivity index (χ1n) is 6.19. The Morgan fingerprint density at radius 1 is 1.40 bits per heavy atom. The van der Waals surface area contributed by atoms with Crippen LogP contribution in [-0.2, 0) is 6.54 Å². The van der Waals surface area contributed by atoms with Crippen LogP contribution in [0.25, 0.3) is 0 Å². The number of nitrogens with two attached hydrogens (primary N) is 1. The predicted molar refractivity (Wildman–Crippen MR) is 80.6 cm³/mol. The summed E-state index contributed by atoms with van der Waals surface area (Å²) in [7, 11) is 1.74. The number of rotatable bonds is 3. The fourth-order valence-electron chi connectivity index (χ4n) is 1.94. The third-order valence-corrected chi connectivity index (χ3v) is 3.27. The Labute approximate surface area is 123 Å². The number of pyridine rings is 1. The molecule has 0 aliphatic heterocycles. The number of carbonyl (C=O) groups is 1. The summed E-state index contributed by atoms with van der Waals surface area (Å²) < 4.78 is 0. The zero-order valence-corrected chi connectivity index (χ0v) is 12.2. The molecule has 0 radical (unpaired) electrons. The highest BCUT2D eigenvalue weighted by atomic mass is 35.5. The quantitative estimate of drug-likeness (QED) is 0.945. The Bertz CT molecular complexity index is 643. The predicted octanol–water partition coefficient (Wildman–Crippen LogP) is 2.90. The Balaban J connectivity index is 2.14. The third kappa shape index (κ3) is 3.27. The number of nitrogen functional groups attached to an aromatic ring is 1. The van der Waals surface area contributed by atoms with Crippen LogP contribution in [0.5, 0.6) is 0 Å². The van der Waals surface area contributed by atoms with Crippen LogP contribution in [0.4, 0.5) is 5.82 Å². The number of amides is 1. The monoisotopic (exact) mass is 289 g/mol. The van der Waals surface area contributed by atoms with E-state index in [9.17, 15) is 4.79 Å². The van der Waals surface area contributed by atoms with Gasteiger partial charge in [-0.3, -0.25) is 4.79 Å². The Hall–Kier alpha value is -2.07. The van der Waals surface area contributed by atoms with Gasteiger partial charge < -0.3 is 10.6 Å². The maximum atomic E-state index is 12.3. The molecule has 0 saturated heterocycles. The minimum absolute atomic E-state index is 0.138. The van der Waals surface area contributed by atoms with Crippen LogP contribution < -0.4 is 5.73 Å². The van der Waals surface area contributed by atoms with E-state index in [1.165, 1.54) is 11.8 Å². The van der Waals surface area contributed by atoms with Crippen LogP contribution in [0.2, 0.25) is 5.02 Å². The third-order valence-electron chi connectivity index (χ3n) is 2.97. The second kappa shape index (κ2) is 5.92. The first-order valence-corrected chi connectivity index (χ1v) is 6.57. The molecule has 0 unspecified atom stereocenters. The Morgan fingerprint density at radius 3 is 2.80 bits per heavy atom. The Morgan fingerprint density at radius 2 is 2.15 bits per heavy atom. The lowest BCUT2D eigenvalue weighted by Crippen LogP contribution is -2.26. The normalized spacial score (nSPS) is 10.3. The molecular weight excluding hydrogens is 274 g/mol. The summed E-state index contributed by atoms with van der Waals surface area (Å²) in [6, 6.07) is 9.58. The van der Waals surface area contributed by atoms with Crippen LogP contribution in [0.1, 0.15) is 21.5 Å². The van der Waals surface area contributed by atoms with Crippen molar-refractivity contribution in [2.45, 2.75) is 13.5 Å². The van der Waals surface area contributed by atoms with Crippen molar-refractivity contribution in [1.82, 2.24) is 9.88 Å². The minimum atomic E-state index is -0.138. The number of aromatic nitrogens is 1. The van der Waals surface area contributed by atoms with Gasteiger partial charge in [0.25, 0.3) is 5.91 Å². The summed E-state index contributed by atoms with van der Waals surface area (Å²) in [6.07, 6.45) is 1.44. The number of nitrogens with zero attached hydrogens (tertiary/aromatic N) is 2. The second-order valence-corrected chi connectivity index (χ2v) is 5.15. The lowest BCUT2D eigenvalue weighted by Gasteiger charge is -2.17. The molecule has 5 heteroatoms. The lowest BCUT2D eigenvalue weighted by atomic mass is 10.1. The zero-order valence-electron chi connectivity index (χ0n) is 11.4. The van der Waals surface area contributed by atoms with E-state index in [4.69, 9.17) is 17.3 Å². The number of benzene rings is 1. The van der Waals surface area contributed by atoms with Gasteiger partial charge in [-0.15, -0.1) is 0 Å². The van der Waals surface area contributed by atoms with Crippen molar-refractivity contribution in [2.24, 2.45) is 0 Å². The molecule has 4 nitrogen and oxygen atoms in total. The first-order chi connectivity index (χ1) is 9.47. The SMILES string of the molecule is Cc1cccc(CN(C)C(=O)c2cnc(N)c(Cl)c2)c1. The van der Waals surface area contributed by atoms with Gasteiger partial charge in [-0.2, -0.15) is 0 Å². The van der Waals surface area contributed by atoms with Crippen molar-refractivity contribution in [3.05, 3.63) is 58.2 Å². The lowest BCUT2D eigenvalue weighted by molar-refractivity contribution is 0.0784. The fourth-order valence-corrected chi connectivity index (χ4v) is 2.11. The zero-order chi connectivity index (χ0) is 14.7. The highest BCUT2D eigenvalue weighted by molar-refractivity contribution is 6.33. The molecule has 2 rings (SSSR count). The summed E-state index contributed by atoms with van der Waals surface area (Å²) in [4.78, 5) is 17.8. The number of carbonyl (C=O) groups excluding carboxylic acids is 1. The van der Waals surface area contributed by atoms with Gasteiger partial charge in [0.15, 0.2) is 0 Å². The van der Waals surface area contributed by atoms with Crippen LogP contribution >= 0.6 is 11.6 Å². The molecule has 2 N–H and O–H groups in total. The van der Waals surface area contributed by atoms with Crippen LogP contribution in [0, 0.1) is 6.92 Å². The fraction of sp³-hybridized carbons (Fsp3) is 0.200. The molecule has 1 aromatic heterocycles. The molecule has 0 bridgehead atoms. The molecule has 1 aromatic carbocycles. The van der Waals surface area contributed by atoms with Crippen molar-refractivity contribution >= 4 is 23.3 Å².